The molecule has 92 valence electrons. The van der Waals surface area contributed by atoms with Crippen LogP contribution in [0.5, 0.6) is 0 Å². The maximum atomic E-state index is 11.2. The molecule has 1 aliphatic rings. The minimum absolute atomic E-state index is 0.176. The van der Waals surface area contributed by atoms with Gasteiger partial charge in [0, 0.05) is 19.6 Å². The van der Waals surface area contributed by atoms with Gasteiger partial charge in [-0.15, -0.1) is 10.2 Å². The zero-order valence-corrected chi connectivity index (χ0v) is 9.81. The summed E-state index contributed by atoms with van der Waals surface area (Å²) in [6.07, 6.45) is 2.45. The lowest BCUT2D eigenvalue weighted by molar-refractivity contribution is 0.0957. The second kappa shape index (κ2) is 5.09. The second-order valence-electron chi connectivity index (χ2n) is 4.27. The number of hydrogen-bond donors (Lipinski definition) is 3. The average Bonchev–Trinajstić information content (AvgIpc) is 3.20. The van der Waals surface area contributed by atoms with E-state index in [2.05, 4.69) is 20.8 Å². The Morgan fingerprint density at radius 3 is 2.82 bits per heavy atom. The van der Waals surface area contributed by atoms with Crippen LogP contribution in [-0.4, -0.2) is 35.7 Å². The number of nitrogens with two attached hydrogens (primary N) is 1. The van der Waals surface area contributed by atoms with Gasteiger partial charge < -0.3 is 16.4 Å². The largest absolute Gasteiger partial charge is 0.367 e. The molecule has 6 heteroatoms. The standard InChI is InChI=1S/C11H17N5O/c1-13-11(17)9-4-5-10(16-15-9)14-6-8(12)7-2-3-7/h4-5,7-8H,2-3,6,12H2,1H3,(H,13,17)(H,14,16). The van der Waals surface area contributed by atoms with E-state index in [1.807, 2.05) is 0 Å². The first kappa shape index (κ1) is 11.8. The van der Waals surface area contributed by atoms with Crippen molar-refractivity contribution < 1.29 is 4.79 Å². The van der Waals surface area contributed by atoms with Crippen LogP contribution in [0.3, 0.4) is 0 Å². The van der Waals surface area contributed by atoms with Crippen molar-refractivity contribution in [2.45, 2.75) is 18.9 Å². The van der Waals surface area contributed by atoms with Crippen molar-refractivity contribution in [1.82, 2.24) is 15.5 Å². The molecule has 0 aromatic carbocycles. The minimum Gasteiger partial charge on any atom is -0.367 e. The molecule has 1 fully saturated rings. The molecule has 0 saturated heterocycles. The Balaban J connectivity index is 1.86. The lowest BCUT2D eigenvalue weighted by atomic mass is 10.2. The zero-order valence-electron chi connectivity index (χ0n) is 9.81. The molecule has 0 radical (unpaired) electrons. The molecule has 1 aromatic rings. The van der Waals surface area contributed by atoms with Gasteiger partial charge in [-0.05, 0) is 30.9 Å². The molecule has 1 heterocycles. The molecule has 1 saturated carbocycles. The normalized spacial score (nSPS) is 16.4. The summed E-state index contributed by atoms with van der Waals surface area (Å²) in [4.78, 5) is 11.2. The highest BCUT2D eigenvalue weighted by atomic mass is 16.1. The van der Waals surface area contributed by atoms with E-state index in [0.717, 1.165) is 0 Å². The third-order valence-corrected chi connectivity index (χ3v) is 2.87. The monoisotopic (exact) mass is 235 g/mol. The van der Waals surface area contributed by atoms with Gasteiger partial charge >= 0.3 is 0 Å². The predicted octanol–water partition coefficient (Wildman–Crippen LogP) is -0.0146. The van der Waals surface area contributed by atoms with Crippen molar-refractivity contribution in [2.24, 2.45) is 11.7 Å². The van der Waals surface area contributed by atoms with E-state index in [1.54, 1.807) is 19.2 Å². The maximum Gasteiger partial charge on any atom is 0.271 e. The van der Waals surface area contributed by atoms with Gasteiger partial charge in [0.25, 0.3) is 5.91 Å². The molecule has 17 heavy (non-hydrogen) atoms. The van der Waals surface area contributed by atoms with Crippen molar-refractivity contribution >= 4 is 11.7 Å². The van der Waals surface area contributed by atoms with Crippen LogP contribution < -0.4 is 16.4 Å². The van der Waals surface area contributed by atoms with Gasteiger partial charge in [-0.25, -0.2) is 0 Å². The SMILES string of the molecule is CNC(=O)c1ccc(NCC(N)C2CC2)nn1. The topological polar surface area (TPSA) is 92.9 Å². The molecule has 2 rings (SSSR count). The molecule has 1 amide bonds. The summed E-state index contributed by atoms with van der Waals surface area (Å²) >= 11 is 0. The third-order valence-electron chi connectivity index (χ3n) is 2.87. The summed E-state index contributed by atoms with van der Waals surface area (Å²) in [6, 6.07) is 3.55. The first-order valence-corrected chi connectivity index (χ1v) is 5.76. The minimum atomic E-state index is -0.237. The number of carbonyl (C=O) groups is 1. The maximum absolute atomic E-state index is 11.2. The Morgan fingerprint density at radius 2 is 2.29 bits per heavy atom. The summed E-state index contributed by atoms with van der Waals surface area (Å²) in [5.74, 6) is 1.06. The van der Waals surface area contributed by atoms with Crippen molar-refractivity contribution in [2.75, 3.05) is 18.9 Å². The number of hydrogen-bond acceptors (Lipinski definition) is 5. The molecular formula is C11H17N5O. The Labute approximate surface area is 100.0 Å². The molecule has 0 aliphatic heterocycles. The van der Waals surface area contributed by atoms with Crippen LogP contribution in [0.25, 0.3) is 0 Å². The number of anilines is 1. The van der Waals surface area contributed by atoms with Crippen molar-refractivity contribution in [3.63, 3.8) is 0 Å². The predicted molar refractivity (Wildman–Crippen MR) is 64.6 cm³/mol. The summed E-state index contributed by atoms with van der Waals surface area (Å²) in [7, 11) is 1.56. The van der Waals surface area contributed by atoms with Crippen molar-refractivity contribution in [3.05, 3.63) is 17.8 Å². The molecule has 1 atom stereocenters. The number of aromatic nitrogens is 2. The van der Waals surface area contributed by atoms with Gasteiger partial charge in [0.05, 0.1) is 0 Å². The van der Waals surface area contributed by atoms with Crippen LogP contribution in [0.2, 0.25) is 0 Å². The first-order valence-electron chi connectivity index (χ1n) is 5.76. The van der Waals surface area contributed by atoms with E-state index in [1.165, 1.54) is 12.8 Å². The molecule has 1 unspecified atom stereocenters. The zero-order chi connectivity index (χ0) is 12.3. The van der Waals surface area contributed by atoms with E-state index in [-0.39, 0.29) is 11.9 Å². The Bertz CT molecular complexity index is 387. The molecule has 4 N–H and O–H groups in total. The van der Waals surface area contributed by atoms with E-state index in [4.69, 9.17) is 5.73 Å². The quantitative estimate of drug-likeness (QED) is 0.667. The fraction of sp³-hybridized carbons (Fsp3) is 0.545. The average molecular weight is 235 g/mol. The molecule has 6 nitrogen and oxygen atoms in total. The molecule has 0 spiro atoms. The number of amides is 1. The highest BCUT2D eigenvalue weighted by Gasteiger charge is 2.28. The molecule has 0 bridgehead atoms. The Kier molecular flexibility index (Phi) is 3.53. The van der Waals surface area contributed by atoms with Gasteiger partial charge in [-0.1, -0.05) is 0 Å². The van der Waals surface area contributed by atoms with Gasteiger partial charge in [0.2, 0.25) is 0 Å². The Hall–Kier alpha value is -1.69. The van der Waals surface area contributed by atoms with Crippen molar-refractivity contribution in [3.8, 4) is 0 Å². The highest BCUT2D eigenvalue weighted by molar-refractivity contribution is 5.91. The van der Waals surface area contributed by atoms with Crippen LogP contribution in [-0.2, 0) is 0 Å². The van der Waals surface area contributed by atoms with E-state index in [9.17, 15) is 4.79 Å². The second-order valence-corrected chi connectivity index (χ2v) is 4.27. The van der Waals surface area contributed by atoms with Crippen LogP contribution >= 0.6 is 0 Å². The van der Waals surface area contributed by atoms with Gasteiger partial charge in [-0.2, -0.15) is 0 Å². The van der Waals surface area contributed by atoms with Crippen LogP contribution in [0.1, 0.15) is 23.3 Å². The lowest BCUT2D eigenvalue weighted by Gasteiger charge is -2.11. The lowest BCUT2D eigenvalue weighted by Crippen LogP contribution is -2.31. The molecule has 1 aliphatic carbocycles. The van der Waals surface area contributed by atoms with E-state index in [0.29, 0.717) is 24.0 Å². The highest BCUT2D eigenvalue weighted by Crippen LogP contribution is 2.31. The van der Waals surface area contributed by atoms with Crippen LogP contribution in [0.4, 0.5) is 5.82 Å². The van der Waals surface area contributed by atoms with E-state index < -0.39 is 0 Å². The van der Waals surface area contributed by atoms with Crippen LogP contribution in [0.15, 0.2) is 12.1 Å². The number of carbonyl (C=O) groups excluding carboxylic acids is 1. The summed E-state index contributed by atoms with van der Waals surface area (Å²) in [5.41, 5.74) is 6.26. The molecule has 1 aromatic heterocycles. The third kappa shape index (κ3) is 3.13. The van der Waals surface area contributed by atoms with Gasteiger partial charge in [0.15, 0.2) is 5.69 Å². The van der Waals surface area contributed by atoms with Crippen LogP contribution in [0, 0.1) is 5.92 Å². The number of rotatable bonds is 5. The Morgan fingerprint density at radius 1 is 1.53 bits per heavy atom. The van der Waals surface area contributed by atoms with Gasteiger partial charge in [-0.3, -0.25) is 4.79 Å². The number of nitrogens with one attached hydrogen (secondary N) is 2. The van der Waals surface area contributed by atoms with E-state index >= 15 is 0 Å². The van der Waals surface area contributed by atoms with Crippen molar-refractivity contribution in [1.29, 1.82) is 0 Å². The summed E-state index contributed by atoms with van der Waals surface area (Å²) in [5, 5.41) is 13.4. The fourth-order valence-electron chi connectivity index (χ4n) is 1.59. The smallest absolute Gasteiger partial charge is 0.271 e. The fourth-order valence-corrected chi connectivity index (χ4v) is 1.59. The van der Waals surface area contributed by atoms with Gasteiger partial charge in [0.1, 0.15) is 5.82 Å². The number of nitrogens with zero attached hydrogens (tertiary/aromatic N) is 2. The first-order chi connectivity index (χ1) is 8.20. The molecular weight excluding hydrogens is 218 g/mol. The summed E-state index contributed by atoms with van der Waals surface area (Å²) < 4.78 is 0. The summed E-state index contributed by atoms with van der Waals surface area (Å²) in [6.45, 7) is 0.693.